The summed E-state index contributed by atoms with van der Waals surface area (Å²) in [6, 6.07) is 0. The van der Waals surface area contributed by atoms with Gasteiger partial charge in [0.2, 0.25) is 0 Å². The molecule has 0 aliphatic rings. The Kier molecular flexibility index (Phi) is 5.84. The van der Waals surface area contributed by atoms with E-state index in [2.05, 4.69) is 0 Å². The smallest absolute Gasteiger partial charge is 0.308 e. The van der Waals surface area contributed by atoms with Crippen LogP contribution in [0, 0.1) is 12.5 Å². The Hall–Kier alpha value is -0.570. The Morgan fingerprint density at radius 2 is 2.36 bits per heavy atom. The van der Waals surface area contributed by atoms with E-state index < -0.39 is 0 Å². The molecule has 0 amide bonds. The molecule has 0 saturated carbocycles. The van der Waals surface area contributed by atoms with Crippen LogP contribution in [0.3, 0.4) is 0 Å². The van der Waals surface area contributed by atoms with E-state index in [1.54, 1.807) is 13.8 Å². The van der Waals surface area contributed by atoms with Gasteiger partial charge in [-0.05, 0) is 19.8 Å². The highest BCUT2D eigenvalue weighted by Crippen LogP contribution is 2.07. The molecule has 0 aromatic heterocycles. The summed E-state index contributed by atoms with van der Waals surface area (Å²) in [7, 11) is 0. The van der Waals surface area contributed by atoms with Gasteiger partial charge in [0.25, 0.3) is 0 Å². The molecule has 0 aliphatic heterocycles. The molecule has 1 unspecified atom stereocenters. The first-order valence-electron chi connectivity index (χ1n) is 3.84. The third kappa shape index (κ3) is 4.79. The average Bonchev–Trinajstić information content (AvgIpc) is 2.00. The highest BCUT2D eigenvalue weighted by molar-refractivity contribution is 5.71. The molecule has 65 valence electrons. The Balaban J connectivity index is 3.46. The molecule has 1 atom stereocenters. The number of aliphatic hydroxyl groups is 1. The minimum Gasteiger partial charge on any atom is -0.466 e. The zero-order valence-corrected chi connectivity index (χ0v) is 7.04. The van der Waals surface area contributed by atoms with Crippen LogP contribution in [0.1, 0.15) is 26.7 Å². The topological polar surface area (TPSA) is 46.5 Å². The van der Waals surface area contributed by atoms with Crippen LogP contribution in [0.15, 0.2) is 0 Å². The SMILES string of the molecule is CCOC(=O)C(C)CC[CH]O. The first-order chi connectivity index (χ1) is 5.22. The van der Waals surface area contributed by atoms with Crippen molar-refractivity contribution in [1.82, 2.24) is 0 Å². The van der Waals surface area contributed by atoms with E-state index in [1.165, 1.54) is 0 Å². The van der Waals surface area contributed by atoms with Gasteiger partial charge in [-0.1, -0.05) is 6.92 Å². The highest BCUT2D eigenvalue weighted by atomic mass is 16.5. The van der Waals surface area contributed by atoms with Crippen molar-refractivity contribution in [2.45, 2.75) is 26.7 Å². The van der Waals surface area contributed by atoms with Crippen molar-refractivity contribution < 1.29 is 14.6 Å². The third-order valence-corrected chi connectivity index (χ3v) is 1.42. The van der Waals surface area contributed by atoms with Crippen LogP contribution in [0.4, 0.5) is 0 Å². The quantitative estimate of drug-likeness (QED) is 0.618. The van der Waals surface area contributed by atoms with Crippen LogP contribution >= 0.6 is 0 Å². The van der Waals surface area contributed by atoms with Gasteiger partial charge in [-0.2, -0.15) is 0 Å². The normalized spacial score (nSPS) is 12.6. The van der Waals surface area contributed by atoms with Gasteiger partial charge < -0.3 is 9.84 Å². The molecule has 11 heavy (non-hydrogen) atoms. The summed E-state index contributed by atoms with van der Waals surface area (Å²) in [5.74, 6) is -0.298. The molecular formula is C8H15O3. The van der Waals surface area contributed by atoms with Crippen molar-refractivity contribution in [1.29, 1.82) is 0 Å². The van der Waals surface area contributed by atoms with Crippen LogP contribution in [0.2, 0.25) is 0 Å². The number of rotatable bonds is 5. The van der Waals surface area contributed by atoms with Crippen LogP contribution < -0.4 is 0 Å². The predicted molar refractivity (Wildman–Crippen MR) is 41.3 cm³/mol. The molecule has 0 bridgehead atoms. The number of carbonyl (C=O) groups is 1. The predicted octanol–water partition coefficient (Wildman–Crippen LogP) is 1.50. The summed E-state index contributed by atoms with van der Waals surface area (Å²) in [6.45, 7) is 5.06. The van der Waals surface area contributed by atoms with Gasteiger partial charge in [-0.25, -0.2) is 0 Å². The molecule has 0 saturated heterocycles. The molecule has 3 heteroatoms. The van der Waals surface area contributed by atoms with Gasteiger partial charge in [0.05, 0.1) is 19.1 Å². The first-order valence-corrected chi connectivity index (χ1v) is 3.84. The van der Waals surface area contributed by atoms with Gasteiger partial charge in [0.15, 0.2) is 0 Å². The number of hydrogen-bond acceptors (Lipinski definition) is 3. The molecule has 0 spiro atoms. The van der Waals surface area contributed by atoms with Crippen molar-refractivity contribution in [3.63, 3.8) is 0 Å². The third-order valence-electron chi connectivity index (χ3n) is 1.42. The summed E-state index contributed by atoms with van der Waals surface area (Å²) in [6.07, 6.45) is 1.19. The lowest BCUT2D eigenvalue weighted by Gasteiger charge is -2.08. The molecule has 0 rings (SSSR count). The Morgan fingerprint density at radius 3 is 2.82 bits per heavy atom. The second-order valence-corrected chi connectivity index (χ2v) is 2.41. The maximum absolute atomic E-state index is 10.9. The molecule has 1 N–H and O–H groups in total. The minimum atomic E-state index is -0.186. The highest BCUT2D eigenvalue weighted by Gasteiger charge is 2.12. The standard InChI is InChI=1S/C8H15O3/c1-3-11-8(10)7(2)5-4-6-9/h6-7,9H,3-5H2,1-2H3. The summed E-state index contributed by atoms with van der Waals surface area (Å²) >= 11 is 0. The number of esters is 1. The zero-order valence-electron chi connectivity index (χ0n) is 7.04. The second kappa shape index (κ2) is 6.16. The van der Waals surface area contributed by atoms with Gasteiger partial charge in [0.1, 0.15) is 0 Å². The lowest BCUT2D eigenvalue weighted by Crippen LogP contribution is -2.14. The molecular weight excluding hydrogens is 144 g/mol. The molecule has 1 radical (unpaired) electrons. The van der Waals surface area contributed by atoms with Crippen molar-refractivity contribution in [3.05, 3.63) is 6.61 Å². The van der Waals surface area contributed by atoms with Crippen molar-refractivity contribution in [2.75, 3.05) is 6.61 Å². The molecule has 0 aromatic carbocycles. The molecule has 0 fully saturated rings. The van der Waals surface area contributed by atoms with Gasteiger partial charge in [0, 0.05) is 0 Å². The van der Waals surface area contributed by atoms with E-state index in [0.717, 1.165) is 6.61 Å². The first kappa shape index (κ1) is 10.4. The van der Waals surface area contributed by atoms with Crippen LogP contribution in [0.5, 0.6) is 0 Å². The number of hydrogen-bond donors (Lipinski definition) is 1. The maximum Gasteiger partial charge on any atom is 0.308 e. The van der Waals surface area contributed by atoms with Crippen LogP contribution in [-0.4, -0.2) is 17.7 Å². The van der Waals surface area contributed by atoms with E-state index >= 15 is 0 Å². The Labute approximate surface area is 67.4 Å². The maximum atomic E-state index is 10.9. The lowest BCUT2D eigenvalue weighted by molar-refractivity contribution is -0.147. The molecule has 0 aromatic rings. The number of aliphatic hydroxyl groups excluding tert-OH is 1. The number of carbonyl (C=O) groups excluding carboxylic acids is 1. The summed E-state index contributed by atoms with van der Waals surface area (Å²) in [5, 5.41) is 8.35. The molecule has 3 nitrogen and oxygen atoms in total. The fraction of sp³-hybridized carbons (Fsp3) is 0.750. The lowest BCUT2D eigenvalue weighted by atomic mass is 10.1. The minimum absolute atomic E-state index is 0.113. The summed E-state index contributed by atoms with van der Waals surface area (Å²) < 4.78 is 4.77. The Morgan fingerprint density at radius 1 is 1.73 bits per heavy atom. The summed E-state index contributed by atoms with van der Waals surface area (Å²) in [4.78, 5) is 10.9. The molecule has 0 aliphatic carbocycles. The molecule has 0 heterocycles. The van der Waals surface area contributed by atoms with Crippen LogP contribution in [0.25, 0.3) is 0 Å². The van der Waals surface area contributed by atoms with E-state index in [1.807, 2.05) is 0 Å². The van der Waals surface area contributed by atoms with Gasteiger partial charge >= 0.3 is 5.97 Å². The van der Waals surface area contributed by atoms with Gasteiger partial charge in [-0.15, -0.1) is 0 Å². The summed E-state index contributed by atoms with van der Waals surface area (Å²) in [5.41, 5.74) is 0. The fourth-order valence-electron chi connectivity index (χ4n) is 0.727. The van der Waals surface area contributed by atoms with E-state index in [4.69, 9.17) is 9.84 Å². The van der Waals surface area contributed by atoms with Gasteiger partial charge in [-0.3, -0.25) is 4.79 Å². The van der Waals surface area contributed by atoms with Crippen molar-refractivity contribution >= 4 is 5.97 Å². The van der Waals surface area contributed by atoms with Crippen molar-refractivity contribution in [2.24, 2.45) is 5.92 Å². The van der Waals surface area contributed by atoms with E-state index in [9.17, 15) is 4.79 Å². The van der Waals surface area contributed by atoms with Crippen molar-refractivity contribution in [3.8, 4) is 0 Å². The monoisotopic (exact) mass is 159 g/mol. The second-order valence-electron chi connectivity index (χ2n) is 2.41. The Bertz CT molecular complexity index is 112. The fourth-order valence-corrected chi connectivity index (χ4v) is 0.727. The average molecular weight is 159 g/mol. The number of ether oxygens (including phenoxy) is 1. The van der Waals surface area contributed by atoms with Crippen LogP contribution in [-0.2, 0) is 9.53 Å². The largest absolute Gasteiger partial charge is 0.466 e. The van der Waals surface area contributed by atoms with E-state index in [0.29, 0.717) is 19.4 Å². The van der Waals surface area contributed by atoms with E-state index in [-0.39, 0.29) is 11.9 Å². The zero-order chi connectivity index (χ0) is 8.69.